The fourth-order valence-electron chi connectivity index (χ4n) is 4.35. The maximum atomic E-state index is 13.4. The van der Waals surface area contributed by atoms with E-state index >= 15 is 0 Å². The number of aromatic nitrogens is 6. The molecule has 9 nitrogen and oxygen atoms in total. The number of anilines is 1. The van der Waals surface area contributed by atoms with E-state index in [-0.39, 0.29) is 35.1 Å². The maximum Gasteiger partial charge on any atom is 0.263 e. The summed E-state index contributed by atoms with van der Waals surface area (Å²) in [6, 6.07) is 25.2. The van der Waals surface area contributed by atoms with Crippen molar-refractivity contribution in [1.82, 2.24) is 29.5 Å². The molecule has 192 valence electrons. The molecule has 1 amide bonds. The van der Waals surface area contributed by atoms with Crippen LogP contribution in [0.5, 0.6) is 0 Å². The van der Waals surface area contributed by atoms with Crippen molar-refractivity contribution in [2.45, 2.75) is 13.3 Å². The molecule has 6 rings (SSSR count). The highest BCUT2D eigenvalue weighted by Gasteiger charge is 2.17. The van der Waals surface area contributed by atoms with Gasteiger partial charge in [0.05, 0.1) is 24.0 Å². The summed E-state index contributed by atoms with van der Waals surface area (Å²) in [6.07, 6.45) is 1.55. The second-order valence-electron chi connectivity index (χ2n) is 9.03. The molecule has 0 saturated heterocycles. The van der Waals surface area contributed by atoms with Gasteiger partial charge in [-0.2, -0.15) is 19.9 Å². The van der Waals surface area contributed by atoms with Gasteiger partial charge in [-0.25, -0.2) is 9.07 Å². The number of hydrogen-bond acceptors (Lipinski definition) is 5. The molecule has 0 bridgehead atoms. The zero-order valence-corrected chi connectivity index (χ0v) is 20.8. The van der Waals surface area contributed by atoms with E-state index < -0.39 is 5.56 Å². The highest BCUT2D eigenvalue weighted by atomic mass is 19.1. The number of carbonyl (C=O) groups excluding carboxylic acids is 1. The lowest BCUT2D eigenvalue weighted by atomic mass is 10.0. The third kappa shape index (κ3) is 4.82. The minimum absolute atomic E-state index is 0.104. The summed E-state index contributed by atoms with van der Waals surface area (Å²) in [7, 11) is 0. The van der Waals surface area contributed by atoms with E-state index in [1.54, 1.807) is 25.1 Å². The number of fused-ring (bicyclic) bond motifs is 1. The summed E-state index contributed by atoms with van der Waals surface area (Å²) in [6.45, 7) is 1.77. The lowest BCUT2D eigenvalue weighted by Gasteiger charge is -2.09. The first kappa shape index (κ1) is 24.0. The van der Waals surface area contributed by atoms with E-state index in [2.05, 4.69) is 25.5 Å². The van der Waals surface area contributed by atoms with Crippen molar-refractivity contribution in [1.29, 1.82) is 0 Å². The maximum absolute atomic E-state index is 13.4. The van der Waals surface area contributed by atoms with Gasteiger partial charge in [0.2, 0.25) is 11.9 Å². The smallest absolute Gasteiger partial charge is 0.263 e. The number of halogens is 1. The van der Waals surface area contributed by atoms with Crippen LogP contribution < -0.4 is 10.9 Å². The number of carbonyl (C=O) groups is 1. The minimum atomic E-state index is -0.424. The molecule has 39 heavy (non-hydrogen) atoms. The van der Waals surface area contributed by atoms with E-state index in [1.807, 2.05) is 54.6 Å². The number of benzene rings is 3. The van der Waals surface area contributed by atoms with Crippen LogP contribution in [0.3, 0.4) is 0 Å². The third-order valence-corrected chi connectivity index (χ3v) is 6.22. The second kappa shape index (κ2) is 9.82. The van der Waals surface area contributed by atoms with Gasteiger partial charge in [-0.3, -0.25) is 14.6 Å². The van der Waals surface area contributed by atoms with Gasteiger partial charge < -0.3 is 5.32 Å². The summed E-state index contributed by atoms with van der Waals surface area (Å²) in [5.74, 6) is -0.176. The van der Waals surface area contributed by atoms with E-state index in [4.69, 9.17) is 0 Å². The highest BCUT2D eigenvalue weighted by molar-refractivity contribution is 5.92. The first-order valence-corrected chi connectivity index (χ1v) is 12.2. The van der Waals surface area contributed by atoms with Crippen LogP contribution in [0.1, 0.15) is 11.3 Å². The van der Waals surface area contributed by atoms with E-state index in [1.165, 1.54) is 27.7 Å². The number of hydrogen-bond donors (Lipinski definition) is 2. The van der Waals surface area contributed by atoms with Gasteiger partial charge in [-0.05, 0) is 47.9 Å². The molecule has 0 radical (unpaired) electrons. The lowest BCUT2D eigenvalue weighted by Crippen LogP contribution is -2.20. The molecular weight excluding hydrogens is 497 g/mol. The molecule has 0 fully saturated rings. The molecule has 0 aliphatic carbocycles. The van der Waals surface area contributed by atoms with E-state index in [0.717, 1.165) is 16.7 Å². The molecule has 0 saturated carbocycles. The van der Waals surface area contributed by atoms with Gasteiger partial charge in [0.1, 0.15) is 17.0 Å². The highest BCUT2D eigenvalue weighted by Crippen LogP contribution is 2.21. The molecule has 0 spiro atoms. The fraction of sp³-hybridized carbons (Fsp3) is 0.0690. The number of H-pyrrole nitrogens is 1. The average Bonchev–Trinajstić information content (AvgIpc) is 3.53. The summed E-state index contributed by atoms with van der Waals surface area (Å²) in [4.78, 5) is 33.1. The molecule has 10 heteroatoms. The predicted molar refractivity (Wildman–Crippen MR) is 146 cm³/mol. The van der Waals surface area contributed by atoms with Crippen molar-refractivity contribution >= 4 is 22.8 Å². The fourth-order valence-corrected chi connectivity index (χ4v) is 4.35. The van der Waals surface area contributed by atoms with Crippen molar-refractivity contribution in [3.8, 4) is 22.8 Å². The Morgan fingerprint density at radius 1 is 0.949 bits per heavy atom. The van der Waals surface area contributed by atoms with Crippen LogP contribution in [0.15, 0.2) is 95.9 Å². The van der Waals surface area contributed by atoms with Crippen LogP contribution in [0, 0.1) is 12.7 Å². The first-order chi connectivity index (χ1) is 18.9. The van der Waals surface area contributed by atoms with E-state index in [0.29, 0.717) is 17.2 Å². The van der Waals surface area contributed by atoms with Crippen LogP contribution in [-0.4, -0.2) is 35.4 Å². The number of nitrogens with zero attached hydrogens (tertiary/aromatic N) is 5. The quantitative estimate of drug-likeness (QED) is 0.334. The standard InChI is InChI=1S/C29H22FN7O2/c1-18-15-25(32-26(38)16-19-7-9-21(10-8-19)20-5-3-2-4-6-20)37(35-18)29-33-27-24(28(39)34-29)17-31-36(27)23-13-11-22(30)12-14-23/h2-15,17H,16H2,1H3,(H,32,38)(H,33,34,39). The molecular formula is C29H22FN7O2. The Hall–Kier alpha value is -5.38. The van der Waals surface area contributed by atoms with Gasteiger partial charge in [-0.1, -0.05) is 54.6 Å². The molecule has 2 N–H and O–H groups in total. The van der Waals surface area contributed by atoms with Gasteiger partial charge >= 0.3 is 0 Å². The average molecular weight is 520 g/mol. The third-order valence-electron chi connectivity index (χ3n) is 6.22. The number of rotatable bonds is 6. The second-order valence-corrected chi connectivity index (χ2v) is 9.03. The largest absolute Gasteiger partial charge is 0.310 e. The van der Waals surface area contributed by atoms with Crippen LogP contribution in [0.2, 0.25) is 0 Å². The zero-order valence-electron chi connectivity index (χ0n) is 20.8. The van der Waals surface area contributed by atoms with E-state index in [9.17, 15) is 14.0 Å². The Kier molecular flexibility index (Phi) is 6.04. The van der Waals surface area contributed by atoms with Crippen LogP contribution >= 0.6 is 0 Å². The molecule has 0 aliphatic heterocycles. The monoisotopic (exact) mass is 519 g/mol. The van der Waals surface area contributed by atoms with Gasteiger partial charge in [-0.15, -0.1) is 0 Å². The molecule has 0 aliphatic rings. The number of aromatic amines is 1. The van der Waals surface area contributed by atoms with Crippen molar-refractivity contribution in [3.05, 3.63) is 119 Å². The van der Waals surface area contributed by atoms with Crippen LogP contribution in [-0.2, 0) is 11.2 Å². The van der Waals surface area contributed by atoms with Gasteiger partial charge in [0, 0.05) is 6.07 Å². The normalized spacial score (nSPS) is 11.1. The SMILES string of the molecule is Cc1cc(NC(=O)Cc2ccc(-c3ccccc3)cc2)n(-c2nc3c(cnn3-c3ccc(F)cc3)c(=O)[nH]2)n1. The van der Waals surface area contributed by atoms with Crippen molar-refractivity contribution in [2.24, 2.45) is 0 Å². The van der Waals surface area contributed by atoms with Crippen LogP contribution in [0.4, 0.5) is 10.2 Å². The number of nitrogens with one attached hydrogen (secondary N) is 2. The number of amides is 1. The topological polar surface area (TPSA) is 110 Å². The number of aryl methyl sites for hydroxylation is 1. The Bertz CT molecular complexity index is 1850. The van der Waals surface area contributed by atoms with Gasteiger partial charge in [0.25, 0.3) is 5.56 Å². The predicted octanol–water partition coefficient (Wildman–Crippen LogP) is 4.59. The first-order valence-electron chi connectivity index (χ1n) is 12.2. The molecule has 0 atom stereocenters. The zero-order chi connectivity index (χ0) is 26.9. The summed E-state index contributed by atoms with van der Waals surface area (Å²) < 4.78 is 16.2. The molecule has 6 aromatic rings. The summed E-state index contributed by atoms with van der Waals surface area (Å²) in [5.41, 5.74) is 4.03. The Balaban J connectivity index is 1.27. The molecule has 0 unspecified atom stereocenters. The Morgan fingerprint density at radius 2 is 1.67 bits per heavy atom. The molecule has 3 heterocycles. The Labute approximate surface area is 221 Å². The van der Waals surface area contributed by atoms with Crippen molar-refractivity contribution in [2.75, 3.05) is 5.32 Å². The summed E-state index contributed by atoms with van der Waals surface area (Å²) in [5, 5.41) is 11.8. The lowest BCUT2D eigenvalue weighted by molar-refractivity contribution is -0.115. The summed E-state index contributed by atoms with van der Waals surface area (Å²) >= 11 is 0. The van der Waals surface area contributed by atoms with Crippen molar-refractivity contribution in [3.63, 3.8) is 0 Å². The minimum Gasteiger partial charge on any atom is -0.310 e. The molecule has 3 aromatic heterocycles. The molecule has 3 aromatic carbocycles. The van der Waals surface area contributed by atoms with Gasteiger partial charge in [0.15, 0.2) is 5.65 Å². The van der Waals surface area contributed by atoms with Crippen molar-refractivity contribution < 1.29 is 9.18 Å². The van der Waals surface area contributed by atoms with Crippen LogP contribution in [0.25, 0.3) is 33.8 Å². The Morgan fingerprint density at radius 3 is 2.41 bits per heavy atom.